The Balaban J connectivity index is 1.49. The molecular weight excluding hydrogens is 384 g/mol. The summed E-state index contributed by atoms with van der Waals surface area (Å²) in [5, 5.41) is 7.81. The minimum atomic E-state index is 0.0621. The first-order valence-corrected chi connectivity index (χ1v) is 10.7. The first kappa shape index (κ1) is 20.8. The average molecular weight is 413 g/mol. The lowest BCUT2D eigenvalue weighted by Crippen LogP contribution is -2.13. The van der Waals surface area contributed by atoms with Crippen molar-refractivity contribution in [3.8, 4) is 0 Å². The van der Waals surface area contributed by atoms with E-state index in [1.165, 1.54) is 11.1 Å². The van der Waals surface area contributed by atoms with E-state index in [-0.39, 0.29) is 17.6 Å². The first-order valence-electron chi connectivity index (χ1n) is 10.7. The number of anilines is 1. The molecule has 0 aliphatic heterocycles. The fraction of sp³-hybridized carbons (Fsp3) is 0.269. The van der Waals surface area contributed by atoms with Crippen LogP contribution in [0.3, 0.4) is 0 Å². The quantitative estimate of drug-likeness (QED) is 0.429. The second-order valence-electron chi connectivity index (χ2n) is 8.82. The van der Waals surface area contributed by atoms with Crippen LogP contribution in [0.4, 0.5) is 5.82 Å². The molecule has 5 nitrogen and oxygen atoms in total. The molecule has 5 heteroatoms. The van der Waals surface area contributed by atoms with E-state index in [9.17, 15) is 4.79 Å². The molecule has 0 aliphatic rings. The van der Waals surface area contributed by atoms with Crippen LogP contribution in [-0.2, 0) is 18.3 Å². The number of ketones is 1. The highest BCUT2D eigenvalue weighted by Gasteiger charge is 2.15. The topological polar surface area (TPSA) is 59.3 Å². The van der Waals surface area contributed by atoms with E-state index in [1.54, 1.807) is 10.7 Å². The summed E-state index contributed by atoms with van der Waals surface area (Å²) in [4.78, 5) is 17.5. The van der Waals surface area contributed by atoms with Gasteiger partial charge in [0, 0.05) is 24.2 Å². The van der Waals surface area contributed by atoms with E-state index < -0.39 is 0 Å². The standard InChI is InChI=1S/C26H28N4O/c1-26(2,3)21-11-9-20(10-12-21)23(31)17-22-18-25(30-24(29-22)14-16-28-30)27-15-13-19-7-5-4-6-8-19/h4-12,14,16,18,27H,13,15,17H2,1-3H3. The highest BCUT2D eigenvalue weighted by atomic mass is 16.1. The lowest BCUT2D eigenvalue weighted by Gasteiger charge is -2.19. The number of carbonyl (C=O) groups excluding carboxylic acids is 1. The summed E-state index contributed by atoms with van der Waals surface area (Å²) in [6, 6.07) is 22.0. The number of carbonyl (C=O) groups is 1. The molecule has 0 aliphatic carbocycles. The summed E-state index contributed by atoms with van der Waals surface area (Å²) in [6.45, 7) is 7.27. The highest BCUT2D eigenvalue weighted by molar-refractivity contribution is 5.97. The monoisotopic (exact) mass is 412 g/mol. The normalized spacial score (nSPS) is 11.6. The number of Topliss-reactive ketones (excluding diaryl/α,β-unsaturated/α-hetero) is 1. The number of fused-ring (bicyclic) bond motifs is 1. The van der Waals surface area contributed by atoms with Gasteiger partial charge in [-0.2, -0.15) is 9.61 Å². The van der Waals surface area contributed by atoms with Gasteiger partial charge >= 0.3 is 0 Å². The fourth-order valence-electron chi connectivity index (χ4n) is 3.58. The molecule has 0 atom stereocenters. The van der Waals surface area contributed by atoms with E-state index in [4.69, 9.17) is 0 Å². The second-order valence-corrected chi connectivity index (χ2v) is 8.82. The lowest BCUT2D eigenvalue weighted by molar-refractivity contribution is 0.0992. The number of rotatable bonds is 7. The maximum Gasteiger partial charge on any atom is 0.168 e. The van der Waals surface area contributed by atoms with Crippen molar-refractivity contribution in [1.29, 1.82) is 0 Å². The van der Waals surface area contributed by atoms with Crippen LogP contribution in [0.25, 0.3) is 5.65 Å². The summed E-state index contributed by atoms with van der Waals surface area (Å²) in [6.07, 6.45) is 2.88. The molecule has 0 spiro atoms. The van der Waals surface area contributed by atoms with Crippen LogP contribution in [0.1, 0.15) is 48.0 Å². The number of aromatic nitrogens is 3. The number of benzene rings is 2. The van der Waals surface area contributed by atoms with E-state index in [0.717, 1.165) is 30.1 Å². The van der Waals surface area contributed by atoms with Crippen LogP contribution >= 0.6 is 0 Å². The zero-order valence-corrected chi connectivity index (χ0v) is 18.3. The molecule has 2 heterocycles. The Morgan fingerprint density at radius 2 is 1.74 bits per heavy atom. The van der Waals surface area contributed by atoms with Crippen LogP contribution in [0.2, 0.25) is 0 Å². The molecular formula is C26H28N4O. The Kier molecular flexibility index (Phi) is 5.85. The Labute approximate surface area is 183 Å². The van der Waals surface area contributed by atoms with E-state index in [1.807, 2.05) is 54.6 Å². The van der Waals surface area contributed by atoms with Crippen LogP contribution in [0, 0.1) is 0 Å². The fourth-order valence-corrected chi connectivity index (χ4v) is 3.58. The lowest BCUT2D eigenvalue weighted by atomic mass is 9.86. The summed E-state index contributed by atoms with van der Waals surface area (Å²) in [7, 11) is 0. The minimum Gasteiger partial charge on any atom is -0.370 e. The highest BCUT2D eigenvalue weighted by Crippen LogP contribution is 2.23. The van der Waals surface area contributed by atoms with Crippen molar-refractivity contribution < 1.29 is 4.79 Å². The van der Waals surface area contributed by atoms with Gasteiger partial charge in [0.05, 0.1) is 18.3 Å². The first-order chi connectivity index (χ1) is 14.9. The molecule has 2 aromatic heterocycles. The van der Waals surface area contributed by atoms with E-state index in [0.29, 0.717) is 5.56 Å². The Hall–Kier alpha value is -3.47. The van der Waals surface area contributed by atoms with Crippen molar-refractivity contribution in [2.24, 2.45) is 0 Å². The Bertz CT molecular complexity index is 1170. The summed E-state index contributed by atoms with van der Waals surface area (Å²) in [5.74, 6) is 0.906. The van der Waals surface area contributed by atoms with Gasteiger partial charge in [-0.05, 0) is 23.0 Å². The molecule has 0 amide bonds. The minimum absolute atomic E-state index is 0.0621. The molecule has 0 fully saturated rings. The van der Waals surface area contributed by atoms with Crippen molar-refractivity contribution in [1.82, 2.24) is 14.6 Å². The van der Waals surface area contributed by atoms with Gasteiger partial charge in [0.1, 0.15) is 5.82 Å². The molecule has 4 rings (SSSR count). The van der Waals surface area contributed by atoms with Gasteiger partial charge in [0.2, 0.25) is 0 Å². The number of hydrogen-bond donors (Lipinski definition) is 1. The van der Waals surface area contributed by atoms with E-state index >= 15 is 0 Å². The maximum atomic E-state index is 12.9. The predicted molar refractivity (Wildman–Crippen MR) is 125 cm³/mol. The zero-order valence-electron chi connectivity index (χ0n) is 18.3. The van der Waals surface area contributed by atoms with Gasteiger partial charge in [-0.25, -0.2) is 4.98 Å². The third kappa shape index (κ3) is 5.00. The van der Waals surface area contributed by atoms with Crippen molar-refractivity contribution >= 4 is 17.2 Å². The van der Waals surface area contributed by atoms with Crippen molar-refractivity contribution in [2.45, 2.75) is 39.0 Å². The molecule has 2 aromatic carbocycles. The summed E-state index contributed by atoms with van der Waals surface area (Å²) >= 11 is 0. The predicted octanol–water partition coefficient (Wildman–Crippen LogP) is 5.11. The zero-order chi connectivity index (χ0) is 21.8. The van der Waals surface area contributed by atoms with Crippen LogP contribution in [0.15, 0.2) is 72.9 Å². The van der Waals surface area contributed by atoms with Crippen molar-refractivity contribution in [2.75, 3.05) is 11.9 Å². The van der Waals surface area contributed by atoms with Gasteiger partial charge in [0.15, 0.2) is 11.4 Å². The van der Waals surface area contributed by atoms with Crippen LogP contribution in [-0.4, -0.2) is 26.9 Å². The van der Waals surface area contributed by atoms with Gasteiger partial charge in [-0.3, -0.25) is 4.79 Å². The van der Waals surface area contributed by atoms with Gasteiger partial charge < -0.3 is 5.32 Å². The Morgan fingerprint density at radius 1 is 1.00 bits per heavy atom. The molecule has 1 N–H and O–H groups in total. The number of nitrogens with one attached hydrogen (secondary N) is 1. The summed E-state index contributed by atoms with van der Waals surface area (Å²) in [5.41, 5.74) is 4.73. The molecule has 4 aromatic rings. The van der Waals surface area contributed by atoms with Gasteiger partial charge in [-0.15, -0.1) is 0 Å². The smallest absolute Gasteiger partial charge is 0.168 e. The molecule has 31 heavy (non-hydrogen) atoms. The summed E-state index contributed by atoms with van der Waals surface area (Å²) < 4.78 is 1.77. The average Bonchev–Trinajstić information content (AvgIpc) is 3.23. The van der Waals surface area contributed by atoms with Crippen LogP contribution in [0.5, 0.6) is 0 Å². The maximum absolute atomic E-state index is 12.9. The third-order valence-corrected chi connectivity index (χ3v) is 5.39. The van der Waals surface area contributed by atoms with Gasteiger partial charge in [0.25, 0.3) is 0 Å². The molecule has 0 saturated heterocycles. The van der Waals surface area contributed by atoms with Gasteiger partial charge in [-0.1, -0.05) is 75.4 Å². The number of hydrogen-bond acceptors (Lipinski definition) is 4. The molecule has 0 bridgehead atoms. The molecule has 0 radical (unpaired) electrons. The SMILES string of the molecule is CC(C)(C)c1ccc(C(=O)Cc2cc(NCCc3ccccc3)n3nccc3n2)cc1. The van der Waals surface area contributed by atoms with Crippen molar-refractivity contribution in [3.63, 3.8) is 0 Å². The molecule has 158 valence electrons. The third-order valence-electron chi connectivity index (χ3n) is 5.39. The second kappa shape index (κ2) is 8.72. The van der Waals surface area contributed by atoms with Crippen molar-refractivity contribution in [3.05, 3.63) is 95.3 Å². The van der Waals surface area contributed by atoms with Crippen LogP contribution < -0.4 is 5.32 Å². The Morgan fingerprint density at radius 3 is 2.45 bits per heavy atom. The number of nitrogens with zero attached hydrogens (tertiary/aromatic N) is 3. The largest absolute Gasteiger partial charge is 0.370 e. The van der Waals surface area contributed by atoms with E-state index in [2.05, 4.69) is 48.3 Å². The molecule has 0 saturated carbocycles. The molecule has 0 unspecified atom stereocenters.